The summed E-state index contributed by atoms with van der Waals surface area (Å²) in [5.74, 6) is 1.26. The van der Waals surface area contributed by atoms with Crippen molar-refractivity contribution in [1.82, 2.24) is 24.1 Å². The van der Waals surface area contributed by atoms with Crippen molar-refractivity contribution in [2.75, 3.05) is 11.4 Å². The highest BCUT2D eigenvalue weighted by Gasteiger charge is 2.32. The third-order valence-electron chi connectivity index (χ3n) is 5.68. The maximum absolute atomic E-state index is 12.9. The second-order valence-corrected chi connectivity index (χ2v) is 7.37. The van der Waals surface area contributed by atoms with Gasteiger partial charge in [0.1, 0.15) is 5.82 Å². The molecular weight excluding hydrogens is 368 g/mol. The van der Waals surface area contributed by atoms with E-state index in [4.69, 9.17) is 9.97 Å². The molecule has 0 saturated carbocycles. The molecule has 1 saturated heterocycles. The lowest BCUT2D eigenvalue weighted by atomic mass is 10.1. The second-order valence-electron chi connectivity index (χ2n) is 7.37. The van der Waals surface area contributed by atoms with Crippen molar-refractivity contribution in [3.63, 3.8) is 0 Å². The second kappa shape index (κ2) is 6.51. The molecule has 8 heteroatoms. The average Bonchev–Trinajstić information content (AvgIpc) is 3.22. The maximum atomic E-state index is 12.9. The van der Waals surface area contributed by atoms with Crippen LogP contribution in [0.3, 0.4) is 0 Å². The fourth-order valence-electron chi connectivity index (χ4n) is 4.17. The van der Waals surface area contributed by atoms with Gasteiger partial charge in [0.25, 0.3) is 11.1 Å². The average molecular weight is 388 g/mol. The van der Waals surface area contributed by atoms with Crippen LogP contribution in [0.4, 0.5) is 5.95 Å². The molecule has 29 heavy (non-hydrogen) atoms. The van der Waals surface area contributed by atoms with E-state index in [1.165, 1.54) is 0 Å². The monoisotopic (exact) mass is 388 g/mol. The number of fused-ring (bicyclic) bond motifs is 2. The van der Waals surface area contributed by atoms with Gasteiger partial charge in [-0.3, -0.25) is 23.7 Å². The van der Waals surface area contributed by atoms with E-state index in [-0.39, 0.29) is 17.2 Å². The molecule has 0 amide bonds. The summed E-state index contributed by atoms with van der Waals surface area (Å²) in [6.07, 6.45) is 4.96. The zero-order valence-corrected chi connectivity index (χ0v) is 16.2. The summed E-state index contributed by atoms with van der Waals surface area (Å²) in [5.41, 5.74) is 1.07. The van der Waals surface area contributed by atoms with Crippen LogP contribution in [0.25, 0.3) is 21.8 Å². The Morgan fingerprint density at radius 3 is 2.55 bits per heavy atom. The quantitative estimate of drug-likeness (QED) is 0.522. The first-order valence-corrected chi connectivity index (χ1v) is 9.59. The van der Waals surface area contributed by atoms with Crippen LogP contribution in [0.1, 0.15) is 24.7 Å². The molecule has 1 atom stereocenters. The predicted octanol–water partition coefficient (Wildman–Crippen LogP) is 1.92. The Labute approximate surface area is 166 Å². The summed E-state index contributed by atoms with van der Waals surface area (Å²) in [5, 5.41) is 1.14. The van der Waals surface area contributed by atoms with E-state index in [0.29, 0.717) is 33.6 Å². The molecule has 1 unspecified atom stereocenters. The zero-order chi connectivity index (χ0) is 20.1. The van der Waals surface area contributed by atoms with E-state index in [1.807, 2.05) is 18.2 Å². The lowest BCUT2D eigenvalue weighted by Crippen LogP contribution is -2.35. The van der Waals surface area contributed by atoms with Crippen molar-refractivity contribution < 1.29 is 0 Å². The highest BCUT2D eigenvalue weighted by Crippen LogP contribution is 2.34. The molecule has 0 spiro atoms. The van der Waals surface area contributed by atoms with Gasteiger partial charge in [0, 0.05) is 26.8 Å². The van der Waals surface area contributed by atoms with E-state index >= 15 is 0 Å². The molecule has 0 aliphatic carbocycles. The highest BCUT2D eigenvalue weighted by molar-refractivity contribution is 5.78. The van der Waals surface area contributed by atoms with Crippen LogP contribution in [0.15, 0.2) is 52.3 Å². The van der Waals surface area contributed by atoms with E-state index in [9.17, 15) is 9.59 Å². The number of anilines is 1. The summed E-state index contributed by atoms with van der Waals surface area (Å²) in [6, 6.07) is 8.93. The summed E-state index contributed by atoms with van der Waals surface area (Å²) >= 11 is 0. The molecule has 1 fully saturated rings. The van der Waals surface area contributed by atoms with Crippen LogP contribution in [-0.4, -0.2) is 30.6 Å². The number of benzene rings is 1. The van der Waals surface area contributed by atoms with Gasteiger partial charge in [-0.15, -0.1) is 0 Å². The Kier molecular flexibility index (Phi) is 3.94. The van der Waals surface area contributed by atoms with Crippen LogP contribution in [-0.2, 0) is 14.1 Å². The third-order valence-corrected chi connectivity index (χ3v) is 5.68. The normalized spacial score (nSPS) is 16.8. The molecule has 146 valence electrons. The Morgan fingerprint density at radius 2 is 1.69 bits per heavy atom. The van der Waals surface area contributed by atoms with E-state index in [0.717, 1.165) is 19.4 Å². The number of hydrogen-bond acceptors (Lipinski definition) is 6. The van der Waals surface area contributed by atoms with Crippen molar-refractivity contribution in [3.8, 4) is 0 Å². The SMILES string of the molecule is Cn1c(C2CCCN2c2nc3cnccc3c(=O)n2C)nc2ccccc2c1=O. The standard InChI is InChI=1S/C21H20N6O2/c1-25-18(23-15-7-4-3-6-13(15)19(25)28)17-8-5-11-27(17)21-24-16-12-22-10-9-14(16)20(29)26(21)2/h3-4,6-7,9-10,12,17H,5,8,11H2,1-2H3. The van der Waals surface area contributed by atoms with Crippen molar-refractivity contribution >= 4 is 27.8 Å². The molecule has 4 aromatic rings. The predicted molar refractivity (Wildman–Crippen MR) is 111 cm³/mol. The van der Waals surface area contributed by atoms with E-state index < -0.39 is 0 Å². The first-order valence-electron chi connectivity index (χ1n) is 9.59. The molecule has 8 nitrogen and oxygen atoms in total. The van der Waals surface area contributed by atoms with Gasteiger partial charge < -0.3 is 4.90 Å². The molecule has 0 bridgehead atoms. The number of nitrogens with zero attached hydrogens (tertiary/aromatic N) is 6. The Hall–Kier alpha value is -3.55. The van der Waals surface area contributed by atoms with Gasteiger partial charge in [-0.05, 0) is 31.0 Å². The number of hydrogen-bond donors (Lipinski definition) is 0. The van der Waals surface area contributed by atoms with Gasteiger partial charge >= 0.3 is 0 Å². The number of rotatable bonds is 2. The minimum absolute atomic E-state index is 0.0676. The Bertz CT molecular complexity index is 1270. The molecular formula is C21H20N6O2. The van der Waals surface area contributed by atoms with Gasteiger partial charge in [-0.25, -0.2) is 9.97 Å². The maximum Gasteiger partial charge on any atom is 0.262 e. The fourth-order valence-corrected chi connectivity index (χ4v) is 4.17. The van der Waals surface area contributed by atoms with E-state index in [1.54, 1.807) is 47.8 Å². The highest BCUT2D eigenvalue weighted by atomic mass is 16.1. The van der Waals surface area contributed by atoms with Gasteiger partial charge in [-0.1, -0.05) is 12.1 Å². The number of pyridine rings is 1. The van der Waals surface area contributed by atoms with E-state index in [2.05, 4.69) is 9.88 Å². The van der Waals surface area contributed by atoms with Crippen molar-refractivity contribution in [2.24, 2.45) is 14.1 Å². The lowest BCUT2D eigenvalue weighted by Gasteiger charge is -2.28. The smallest absolute Gasteiger partial charge is 0.262 e. The topological polar surface area (TPSA) is 85.9 Å². The Balaban J connectivity index is 1.69. The number of aromatic nitrogens is 5. The molecule has 0 radical (unpaired) electrons. The van der Waals surface area contributed by atoms with Crippen LogP contribution >= 0.6 is 0 Å². The summed E-state index contributed by atoms with van der Waals surface area (Å²) in [6.45, 7) is 0.736. The van der Waals surface area contributed by atoms with Crippen LogP contribution in [0, 0.1) is 0 Å². The molecule has 0 N–H and O–H groups in total. The molecule has 4 heterocycles. The summed E-state index contributed by atoms with van der Waals surface area (Å²) in [4.78, 5) is 41.4. The minimum Gasteiger partial charge on any atom is -0.332 e. The van der Waals surface area contributed by atoms with Gasteiger partial charge in [-0.2, -0.15) is 0 Å². The van der Waals surface area contributed by atoms with Gasteiger partial charge in [0.15, 0.2) is 0 Å². The van der Waals surface area contributed by atoms with Gasteiger partial charge in [0.2, 0.25) is 5.95 Å². The Morgan fingerprint density at radius 1 is 0.931 bits per heavy atom. The molecule has 1 aromatic carbocycles. The molecule has 1 aliphatic heterocycles. The zero-order valence-electron chi connectivity index (χ0n) is 16.2. The van der Waals surface area contributed by atoms with Crippen LogP contribution < -0.4 is 16.0 Å². The first kappa shape index (κ1) is 17.5. The van der Waals surface area contributed by atoms with Crippen molar-refractivity contribution in [2.45, 2.75) is 18.9 Å². The first-order chi connectivity index (χ1) is 14.1. The summed E-state index contributed by atoms with van der Waals surface area (Å²) in [7, 11) is 3.48. The van der Waals surface area contributed by atoms with Crippen LogP contribution in [0.2, 0.25) is 0 Å². The van der Waals surface area contributed by atoms with Crippen molar-refractivity contribution in [3.05, 3.63) is 69.3 Å². The van der Waals surface area contributed by atoms with Gasteiger partial charge in [0.05, 0.1) is 34.0 Å². The third kappa shape index (κ3) is 2.63. The minimum atomic E-state index is -0.135. The summed E-state index contributed by atoms with van der Waals surface area (Å²) < 4.78 is 3.19. The lowest BCUT2D eigenvalue weighted by molar-refractivity contribution is 0.593. The van der Waals surface area contributed by atoms with Crippen LogP contribution in [0.5, 0.6) is 0 Å². The molecule has 1 aliphatic rings. The van der Waals surface area contributed by atoms with Crippen molar-refractivity contribution in [1.29, 1.82) is 0 Å². The fraction of sp³-hybridized carbons (Fsp3) is 0.286. The molecule has 5 rings (SSSR count). The molecule has 3 aromatic heterocycles. The number of para-hydroxylation sites is 1. The largest absolute Gasteiger partial charge is 0.332 e.